The molecule has 4 aliphatic rings. The number of hydrogen-bond donors (Lipinski definition) is 1. The number of aliphatic carboxylic acids is 1. The molecule has 3 nitrogen and oxygen atoms in total. The van der Waals surface area contributed by atoms with Crippen LogP contribution in [0.1, 0.15) is 44.1 Å². The molecular formula is C25H29NO2. The van der Waals surface area contributed by atoms with E-state index in [1.165, 1.54) is 48.8 Å². The lowest BCUT2D eigenvalue weighted by Crippen LogP contribution is -2.39. The van der Waals surface area contributed by atoms with Gasteiger partial charge in [0.25, 0.3) is 0 Å². The molecule has 28 heavy (non-hydrogen) atoms. The average Bonchev–Trinajstić information content (AvgIpc) is 3.08. The number of nitrogens with zero attached hydrogens (tertiary/aromatic N) is 1. The van der Waals surface area contributed by atoms with Crippen LogP contribution in [0.2, 0.25) is 0 Å². The van der Waals surface area contributed by atoms with E-state index in [1.54, 1.807) is 0 Å². The van der Waals surface area contributed by atoms with Crippen molar-refractivity contribution in [3.8, 4) is 0 Å². The molecule has 2 heterocycles. The predicted molar refractivity (Wildman–Crippen MR) is 112 cm³/mol. The Balaban J connectivity index is 1.63. The van der Waals surface area contributed by atoms with E-state index in [9.17, 15) is 9.90 Å². The van der Waals surface area contributed by atoms with Crippen molar-refractivity contribution in [2.24, 2.45) is 17.8 Å². The zero-order chi connectivity index (χ0) is 19.1. The average molecular weight is 376 g/mol. The van der Waals surface area contributed by atoms with Crippen molar-refractivity contribution < 1.29 is 9.90 Å². The van der Waals surface area contributed by atoms with E-state index in [4.69, 9.17) is 0 Å². The van der Waals surface area contributed by atoms with Crippen LogP contribution in [0.3, 0.4) is 0 Å². The Morgan fingerprint density at radius 2 is 1.79 bits per heavy atom. The fourth-order valence-electron chi connectivity index (χ4n) is 6.20. The van der Waals surface area contributed by atoms with Gasteiger partial charge in [0.2, 0.25) is 0 Å². The maximum absolute atomic E-state index is 11.8. The highest BCUT2D eigenvalue weighted by Gasteiger charge is 2.47. The standard InChI is InChI=1S/C25H29NO2/c27-25(28)21-11-12-22-23(18-9-5-2-6-10-18)19(17-7-3-1-4-8-17)13-15-26-16-14-20(21)24(22)26/h1,3-4,7-8,11-13,18,20,23-24H,2,5-6,9-10,14-16H2,(H,27,28). The summed E-state index contributed by atoms with van der Waals surface area (Å²) in [7, 11) is 0. The Bertz CT molecular complexity index is 845. The Hall–Kier alpha value is -2.13. The van der Waals surface area contributed by atoms with Gasteiger partial charge in [0.1, 0.15) is 0 Å². The van der Waals surface area contributed by atoms with Crippen LogP contribution < -0.4 is 0 Å². The topological polar surface area (TPSA) is 40.5 Å². The smallest absolute Gasteiger partial charge is 0.331 e. The maximum atomic E-state index is 11.8. The van der Waals surface area contributed by atoms with Gasteiger partial charge in [0, 0.05) is 30.0 Å². The Morgan fingerprint density at radius 3 is 2.54 bits per heavy atom. The highest BCUT2D eigenvalue weighted by Crippen LogP contribution is 2.50. The fourth-order valence-corrected chi connectivity index (χ4v) is 6.20. The summed E-state index contributed by atoms with van der Waals surface area (Å²) in [6.45, 7) is 1.92. The molecule has 2 fully saturated rings. The Kier molecular flexibility index (Phi) is 4.72. The first kappa shape index (κ1) is 17.9. The lowest BCUT2D eigenvalue weighted by molar-refractivity contribution is -0.133. The molecule has 0 radical (unpaired) electrons. The molecule has 1 aromatic carbocycles. The molecule has 0 spiro atoms. The van der Waals surface area contributed by atoms with Crippen molar-refractivity contribution in [2.45, 2.75) is 44.6 Å². The second-order valence-corrected chi connectivity index (χ2v) is 8.83. The van der Waals surface area contributed by atoms with Gasteiger partial charge in [-0.2, -0.15) is 0 Å². The van der Waals surface area contributed by atoms with Crippen LogP contribution in [0.25, 0.3) is 5.57 Å². The van der Waals surface area contributed by atoms with Crippen LogP contribution >= 0.6 is 0 Å². The summed E-state index contributed by atoms with van der Waals surface area (Å²) < 4.78 is 0. The highest BCUT2D eigenvalue weighted by atomic mass is 16.4. The van der Waals surface area contributed by atoms with Crippen molar-refractivity contribution in [1.82, 2.24) is 4.90 Å². The summed E-state index contributed by atoms with van der Waals surface area (Å²) in [4.78, 5) is 14.4. The van der Waals surface area contributed by atoms with Crippen LogP contribution in [-0.4, -0.2) is 35.1 Å². The number of rotatable bonds is 3. The quantitative estimate of drug-likeness (QED) is 0.815. The third-order valence-corrected chi connectivity index (χ3v) is 7.41. The van der Waals surface area contributed by atoms with Gasteiger partial charge in [-0.3, -0.25) is 4.90 Å². The van der Waals surface area contributed by atoms with Crippen molar-refractivity contribution >= 4 is 11.5 Å². The highest BCUT2D eigenvalue weighted by molar-refractivity contribution is 5.89. The molecule has 3 unspecified atom stereocenters. The molecule has 0 bridgehead atoms. The van der Waals surface area contributed by atoms with Crippen molar-refractivity contribution in [3.63, 3.8) is 0 Å². The number of carbonyl (C=O) groups is 1. The maximum Gasteiger partial charge on any atom is 0.331 e. The van der Waals surface area contributed by atoms with Crippen molar-refractivity contribution in [1.29, 1.82) is 0 Å². The van der Waals surface area contributed by atoms with Crippen molar-refractivity contribution in [2.75, 3.05) is 13.1 Å². The molecule has 1 saturated carbocycles. The minimum Gasteiger partial charge on any atom is -0.478 e. The largest absolute Gasteiger partial charge is 0.478 e. The van der Waals surface area contributed by atoms with E-state index in [-0.39, 0.29) is 12.0 Å². The summed E-state index contributed by atoms with van der Waals surface area (Å²) >= 11 is 0. The molecule has 5 rings (SSSR count). The molecule has 1 N–H and O–H groups in total. The van der Waals surface area contributed by atoms with E-state index in [2.05, 4.69) is 47.4 Å². The van der Waals surface area contributed by atoms with E-state index < -0.39 is 5.97 Å². The lowest BCUT2D eigenvalue weighted by Gasteiger charge is -2.39. The first-order chi connectivity index (χ1) is 13.7. The summed E-state index contributed by atoms with van der Waals surface area (Å²) in [5.41, 5.74) is 4.90. The molecule has 1 saturated heterocycles. The molecule has 0 aromatic heterocycles. The van der Waals surface area contributed by atoms with Gasteiger partial charge in [-0.25, -0.2) is 4.79 Å². The first-order valence-corrected chi connectivity index (χ1v) is 10.9. The van der Waals surface area contributed by atoms with E-state index in [0.717, 1.165) is 19.5 Å². The number of hydrogen-bond acceptors (Lipinski definition) is 2. The van der Waals surface area contributed by atoms with Gasteiger partial charge >= 0.3 is 5.97 Å². The van der Waals surface area contributed by atoms with Gasteiger partial charge in [0.05, 0.1) is 0 Å². The molecule has 1 aromatic rings. The minimum absolute atomic E-state index is 0.145. The summed E-state index contributed by atoms with van der Waals surface area (Å²) in [6, 6.07) is 11.1. The van der Waals surface area contributed by atoms with E-state index >= 15 is 0 Å². The zero-order valence-electron chi connectivity index (χ0n) is 16.4. The van der Waals surface area contributed by atoms with E-state index in [1.807, 2.05) is 6.08 Å². The summed E-state index contributed by atoms with van der Waals surface area (Å²) in [5.74, 6) is 0.501. The third kappa shape index (κ3) is 2.97. The molecule has 146 valence electrons. The number of allylic oxidation sites excluding steroid dienone is 3. The van der Waals surface area contributed by atoms with Crippen molar-refractivity contribution in [3.05, 3.63) is 65.3 Å². The van der Waals surface area contributed by atoms with Gasteiger partial charge in [-0.1, -0.05) is 67.8 Å². The normalized spacial score (nSPS) is 30.7. The minimum atomic E-state index is -0.739. The molecule has 2 aliphatic heterocycles. The zero-order valence-corrected chi connectivity index (χ0v) is 16.4. The molecular weight excluding hydrogens is 346 g/mol. The molecule has 3 atom stereocenters. The van der Waals surface area contributed by atoms with Crippen LogP contribution in [-0.2, 0) is 4.79 Å². The van der Waals surface area contributed by atoms with Crippen LogP contribution in [0.15, 0.2) is 59.7 Å². The number of carboxylic acid groups (broad SMARTS) is 1. The summed E-state index contributed by atoms with van der Waals surface area (Å²) in [5, 5.41) is 9.73. The van der Waals surface area contributed by atoms with Gasteiger partial charge in [-0.15, -0.1) is 0 Å². The van der Waals surface area contributed by atoms with Crippen LogP contribution in [0.4, 0.5) is 0 Å². The Labute approximate surface area is 167 Å². The first-order valence-electron chi connectivity index (χ1n) is 10.9. The predicted octanol–water partition coefficient (Wildman–Crippen LogP) is 4.92. The van der Waals surface area contributed by atoms with Crippen LogP contribution in [0, 0.1) is 17.8 Å². The lowest BCUT2D eigenvalue weighted by atomic mass is 9.67. The monoisotopic (exact) mass is 375 g/mol. The Morgan fingerprint density at radius 1 is 1.00 bits per heavy atom. The molecule has 2 aliphatic carbocycles. The fraction of sp³-hybridized carbons (Fsp3) is 0.480. The third-order valence-electron chi connectivity index (χ3n) is 7.41. The van der Waals surface area contributed by atoms with Gasteiger partial charge in [0.15, 0.2) is 0 Å². The number of benzene rings is 1. The SMILES string of the molecule is O=C(O)C1=CC=C2C(C3CCCCC3)C(c3ccccc3)=CCN3CCC1C23. The molecule has 0 amide bonds. The second kappa shape index (κ2) is 7.36. The van der Waals surface area contributed by atoms with Crippen LogP contribution in [0.5, 0.6) is 0 Å². The number of carboxylic acids is 1. The van der Waals surface area contributed by atoms with Gasteiger partial charge < -0.3 is 5.11 Å². The summed E-state index contributed by atoms with van der Waals surface area (Å²) in [6.07, 6.45) is 14.1. The van der Waals surface area contributed by atoms with Gasteiger partial charge in [-0.05, 0) is 48.4 Å². The van der Waals surface area contributed by atoms with E-state index in [0.29, 0.717) is 17.4 Å². The second-order valence-electron chi connectivity index (χ2n) is 8.83. The molecule has 3 heteroatoms.